The van der Waals surface area contributed by atoms with E-state index in [-0.39, 0.29) is 18.8 Å². The molecule has 1 aliphatic heterocycles. The Morgan fingerprint density at radius 3 is 2.66 bits per heavy atom. The Morgan fingerprint density at radius 1 is 1.25 bits per heavy atom. The highest BCUT2D eigenvalue weighted by Crippen LogP contribution is 2.33. The van der Waals surface area contributed by atoms with Crippen molar-refractivity contribution >= 4 is 12.4 Å². The minimum absolute atomic E-state index is 0.250. The lowest BCUT2D eigenvalue weighted by atomic mass is 9.85. The number of piperidine rings is 1. The first-order valence-electron chi connectivity index (χ1n) is 10.3. The molecule has 1 saturated heterocycles. The number of amides is 1. The molecule has 0 saturated carbocycles. The quantitative estimate of drug-likeness (QED) is 0.468. The van der Waals surface area contributed by atoms with Gasteiger partial charge in [0, 0.05) is 50.2 Å². The molecule has 0 bridgehead atoms. The molecule has 4 heterocycles. The second-order valence-corrected chi connectivity index (χ2v) is 7.63. The summed E-state index contributed by atoms with van der Waals surface area (Å²) in [5.74, 6) is 1.27. The lowest BCUT2D eigenvalue weighted by Crippen LogP contribution is -2.42. The molecule has 0 unspecified atom stereocenters. The largest absolute Gasteiger partial charge is 0.483 e. The van der Waals surface area contributed by atoms with Crippen LogP contribution in [0, 0.1) is 0 Å². The van der Waals surface area contributed by atoms with Crippen LogP contribution in [-0.4, -0.2) is 55.3 Å². The SMILES string of the molecule is NC(=O)CCn1cc(-c2ccc(CN3CCC(O)(c4cccnc4)CC3)o2)cn1.O=CO. The Hall–Kier alpha value is -3.50. The zero-order valence-corrected chi connectivity index (χ0v) is 17.6. The molecule has 3 aromatic rings. The van der Waals surface area contributed by atoms with Crippen LogP contribution >= 0.6 is 0 Å². The third-order valence-corrected chi connectivity index (χ3v) is 5.43. The number of primary amides is 1. The fourth-order valence-electron chi connectivity index (χ4n) is 3.68. The van der Waals surface area contributed by atoms with Gasteiger partial charge in [-0.1, -0.05) is 6.07 Å². The van der Waals surface area contributed by atoms with Crippen LogP contribution in [0.25, 0.3) is 11.3 Å². The van der Waals surface area contributed by atoms with E-state index in [4.69, 9.17) is 20.1 Å². The lowest BCUT2D eigenvalue weighted by Gasteiger charge is -2.38. The van der Waals surface area contributed by atoms with Crippen molar-refractivity contribution in [1.29, 1.82) is 0 Å². The Kier molecular flexibility index (Phi) is 7.74. The van der Waals surface area contributed by atoms with Crippen LogP contribution in [0.3, 0.4) is 0 Å². The lowest BCUT2D eigenvalue weighted by molar-refractivity contribution is -0.123. The number of nitrogens with two attached hydrogens (primary N) is 1. The molecule has 0 aromatic carbocycles. The number of likely N-dealkylation sites (tertiary alicyclic amines) is 1. The van der Waals surface area contributed by atoms with Gasteiger partial charge in [0.05, 0.1) is 23.9 Å². The maximum Gasteiger partial charge on any atom is 0.290 e. The fourth-order valence-corrected chi connectivity index (χ4v) is 3.68. The number of aliphatic hydroxyl groups is 1. The minimum Gasteiger partial charge on any atom is -0.483 e. The molecule has 0 aliphatic carbocycles. The van der Waals surface area contributed by atoms with Crippen LogP contribution in [0.5, 0.6) is 0 Å². The number of carbonyl (C=O) groups excluding carboxylic acids is 1. The van der Waals surface area contributed by atoms with E-state index in [0.29, 0.717) is 25.9 Å². The summed E-state index contributed by atoms with van der Waals surface area (Å²) in [7, 11) is 0. The molecule has 10 nitrogen and oxygen atoms in total. The molecule has 4 rings (SSSR count). The van der Waals surface area contributed by atoms with Crippen LogP contribution in [0.1, 0.15) is 30.6 Å². The van der Waals surface area contributed by atoms with E-state index >= 15 is 0 Å². The number of pyridine rings is 1. The monoisotopic (exact) mass is 441 g/mol. The van der Waals surface area contributed by atoms with Gasteiger partial charge >= 0.3 is 0 Å². The van der Waals surface area contributed by atoms with Crippen molar-refractivity contribution in [1.82, 2.24) is 19.7 Å². The third kappa shape index (κ3) is 6.02. The standard InChI is InChI=1S/C21H25N5O3.CH2O2/c22-20(27)5-9-26-14-16(12-24-26)19-4-3-18(29-19)15-25-10-6-21(28,7-11-25)17-2-1-8-23-13-17;2-1-3/h1-4,8,12-14,28H,5-7,9-11,15H2,(H2,22,27);1H,(H,2,3). The van der Waals surface area contributed by atoms with Gasteiger partial charge in [-0.25, -0.2) is 0 Å². The number of aryl methyl sites for hydroxylation is 1. The van der Waals surface area contributed by atoms with Crippen LogP contribution in [0.2, 0.25) is 0 Å². The highest BCUT2D eigenvalue weighted by molar-refractivity contribution is 5.73. The Labute approximate surface area is 185 Å². The van der Waals surface area contributed by atoms with Crippen LogP contribution < -0.4 is 5.73 Å². The first kappa shape index (κ1) is 23.2. The molecule has 0 spiro atoms. The third-order valence-electron chi connectivity index (χ3n) is 5.43. The summed E-state index contributed by atoms with van der Waals surface area (Å²) in [6, 6.07) is 7.70. The van der Waals surface area contributed by atoms with Crippen molar-refractivity contribution in [3.63, 3.8) is 0 Å². The van der Waals surface area contributed by atoms with Crippen molar-refractivity contribution in [3.8, 4) is 11.3 Å². The van der Waals surface area contributed by atoms with E-state index in [1.165, 1.54) is 0 Å². The predicted molar refractivity (Wildman–Crippen MR) is 115 cm³/mol. The van der Waals surface area contributed by atoms with Crippen LogP contribution in [0.15, 0.2) is 53.5 Å². The number of hydrogen-bond donors (Lipinski definition) is 3. The summed E-state index contributed by atoms with van der Waals surface area (Å²) in [6.45, 7) is 2.47. The number of aromatic nitrogens is 3. The van der Waals surface area contributed by atoms with E-state index in [2.05, 4.69) is 15.0 Å². The number of hydrogen-bond acceptors (Lipinski definition) is 7. The summed E-state index contributed by atoms with van der Waals surface area (Å²) in [6.07, 6.45) is 8.62. The highest BCUT2D eigenvalue weighted by Gasteiger charge is 2.34. The first-order chi connectivity index (χ1) is 15.4. The summed E-state index contributed by atoms with van der Waals surface area (Å²) in [4.78, 5) is 25.7. The number of carboxylic acid groups (broad SMARTS) is 1. The number of furan rings is 1. The Balaban J connectivity index is 0.000000913. The Bertz CT molecular complexity index is 1010. The van der Waals surface area contributed by atoms with Gasteiger partial charge in [0.25, 0.3) is 6.47 Å². The van der Waals surface area contributed by atoms with Gasteiger partial charge in [-0.2, -0.15) is 5.10 Å². The molecule has 1 fully saturated rings. The average molecular weight is 441 g/mol. The molecule has 1 aliphatic rings. The minimum atomic E-state index is -0.807. The highest BCUT2D eigenvalue weighted by atomic mass is 16.3. The normalized spacial score (nSPS) is 15.5. The van der Waals surface area contributed by atoms with Gasteiger partial charge in [0.15, 0.2) is 0 Å². The molecule has 32 heavy (non-hydrogen) atoms. The van der Waals surface area contributed by atoms with Crippen molar-refractivity contribution in [2.24, 2.45) is 5.73 Å². The Morgan fingerprint density at radius 2 is 2.00 bits per heavy atom. The van der Waals surface area contributed by atoms with Crippen molar-refractivity contribution in [2.75, 3.05) is 13.1 Å². The summed E-state index contributed by atoms with van der Waals surface area (Å²) < 4.78 is 7.68. The molecule has 10 heteroatoms. The summed E-state index contributed by atoms with van der Waals surface area (Å²) in [5.41, 5.74) is 6.12. The van der Waals surface area contributed by atoms with E-state index in [1.54, 1.807) is 23.3 Å². The summed E-state index contributed by atoms with van der Waals surface area (Å²) >= 11 is 0. The zero-order chi connectivity index (χ0) is 23.0. The smallest absolute Gasteiger partial charge is 0.290 e. The molecule has 170 valence electrons. The molecule has 0 radical (unpaired) electrons. The molecular weight excluding hydrogens is 414 g/mol. The molecule has 3 aromatic heterocycles. The van der Waals surface area contributed by atoms with Crippen molar-refractivity contribution in [3.05, 3.63) is 60.4 Å². The fraction of sp³-hybridized carbons (Fsp3) is 0.364. The second-order valence-electron chi connectivity index (χ2n) is 7.63. The van der Waals surface area contributed by atoms with Crippen molar-refractivity contribution < 1.29 is 24.2 Å². The van der Waals surface area contributed by atoms with Gasteiger partial charge in [-0.05, 0) is 31.0 Å². The van der Waals surface area contributed by atoms with Crippen LogP contribution in [-0.2, 0) is 28.3 Å². The maximum atomic E-state index is 10.9. The first-order valence-corrected chi connectivity index (χ1v) is 10.3. The van der Waals surface area contributed by atoms with E-state index < -0.39 is 5.60 Å². The van der Waals surface area contributed by atoms with Crippen LogP contribution in [0.4, 0.5) is 0 Å². The molecule has 1 amide bonds. The molecule has 0 atom stereocenters. The van der Waals surface area contributed by atoms with Gasteiger partial charge < -0.3 is 20.4 Å². The van der Waals surface area contributed by atoms with E-state index in [0.717, 1.165) is 35.7 Å². The molecule has 4 N–H and O–H groups in total. The maximum absolute atomic E-state index is 10.9. The average Bonchev–Trinajstić information content (AvgIpc) is 3.45. The van der Waals surface area contributed by atoms with Gasteiger partial charge in [-0.3, -0.25) is 24.2 Å². The second kappa shape index (κ2) is 10.7. The zero-order valence-electron chi connectivity index (χ0n) is 17.6. The number of carbonyl (C=O) groups is 2. The van der Waals surface area contributed by atoms with E-state index in [9.17, 15) is 9.90 Å². The number of rotatable bonds is 7. The van der Waals surface area contributed by atoms with Gasteiger partial charge in [-0.15, -0.1) is 0 Å². The topological polar surface area (TPSA) is 148 Å². The number of nitrogens with zero attached hydrogens (tertiary/aromatic N) is 4. The van der Waals surface area contributed by atoms with E-state index in [1.807, 2.05) is 30.5 Å². The molecular formula is C22H27N5O5. The van der Waals surface area contributed by atoms with Gasteiger partial charge in [0.2, 0.25) is 5.91 Å². The van der Waals surface area contributed by atoms with Crippen molar-refractivity contribution in [2.45, 2.75) is 38.0 Å². The summed E-state index contributed by atoms with van der Waals surface area (Å²) in [5, 5.41) is 22.1. The van der Waals surface area contributed by atoms with Gasteiger partial charge in [0.1, 0.15) is 11.5 Å². The predicted octanol–water partition coefficient (Wildman–Crippen LogP) is 1.60.